The van der Waals surface area contributed by atoms with Gasteiger partial charge in [0, 0.05) is 0 Å². The van der Waals surface area contributed by atoms with E-state index in [9.17, 15) is 19.2 Å². The highest BCUT2D eigenvalue weighted by atomic mass is 16.5. The number of imide groups is 1. The fourth-order valence-corrected chi connectivity index (χ4v) is 3.80. The summed E-state index contributed by atoms with van der Waals surface area (Å²) < 4.78 is 5.35. The Hall–Kier alpha value is -4.26. The fraction of sp³-hybridized carbons (Fsp3) is 0.185. The Morgan fingerprint density at radius 2 is 1.47 bits per heavy atom. The Kier molecular flexibility index (Phi) is 6.54. The number of nitrogens with one attached hydrogen (secondary N) is 1. The van der Waals surface area contributed by atoms with E-state index in [-0.39, 0.29) is 30.0 Å². The maximum Gasteiger partial charge on any atom is 0.338 e. The van der Waals surface area contributed by atoms with Crippen molar-refractivity contribution in [2.75, 3.05) is 0 Å². The lowest BCUT2D eigenvalue weighted by molar-refractivity contribution is -0.129. The van der Waals surface area contributed by atoms with Crippen LogP contribution in [0.4, 0.5) is 0 Å². The van der Waals surface area contributed by atoms with Crippen LogP contribution in [0.2, 0.25) is 0 Å². The Balaban J connectivity index is 1.39. The van der Waals surface area contributed by atoms with Crippen LogP contribution in [0.3, 0.4) is 0 Å². The summed E-state index contributed by atoms with van der Waals surface area (Å²) in [4.78, 5) is 51.5. The quantitative estimate of drug-likeness (QED) is 0.430. The summed E-state index contributed by atoms with van der Waals surface area (Å²) in [6.07, 6.45) is -1.00. The summed E-state index contributed by atoms with van der Waals surface area (Å²) >= 11 is 0. The molecule has 1 heterocycles. The van der Waals surface area contributed by atoms with E-state index in [1.807, 2.05) is 37.3 Å². The number of esters is 1. The summed E-state index contributed by atoms with van der Waals surface area (Å²) in [5.41, 5.74) is 2.50. The Morgan fingerprint density at radius 1 is 0.853 bits per heavy atom. The number of amides is 3. The van der Waals surface area contributed by atoms with Crippen LogP contribution in [-0.4, -0.2) is 34.7 Å². The molecule has 3 amide bonds. The van der Waals surface area contributed by atoms with Crippen molar-refractivity contribution in [3.63, 3.8) is 0 Å². The van der Waals surface area contributed by atoms with Gasteiger partial charge >= 0.3 is 5.97 Å². The molecule has 34 heavy (non-hydrogen) atoms. The molecule has 1 aliphatic heterocycles. The fourth-order valence-electron chi connectivity index (χ4n) is 3.80. The molecule has 0 spiro atoms. The summed E-state index contributed by atoms with van der Waals surface area (Å²) in [7, 11) is 0. The summed E-state index contributed by atoms with van der Waals surface area (Å²) in [6, 6.07) is 22.4. The first-order chi connectivity index (χ1) is 16.3. The minimum Gasteiger partial charge on any atom is -0.449 e. The number of carbonyl (C=O) groups is 4. The van der Waals surface area contributed by atoms with Crippen LogP contribution < -0.4 is 5.32 Å². The lowest BCUT2D eigenvalue weighted by Gasteiger charge is -2.18. The molecular weight excluding hydrogens is 432 g/mol. The molecular formula is C27H24N2O5. The van der Waals surface area contributed by atoms with Crippen molar-refractivity contribution in [1.82, 2.24) is 10.2 Å². The van der Waals surface area contributed by atoms with Crippen molar-refractivity contribution >= 4 is 23.7 Å². The van der Waals surface area contributed by atoms with Gasteiger partial charge in [0.25, 0.3) is 17.7 Å². The maximum atomic E-state index is 12.7. The largest absolute Gasteiger partial charge is 0.449 e. The van der Waals surface area contributed by atoms with Gasteiger partial charge in [0.2, 0.25) is 0 Å². The molecule has 0 bridgehead atoms. The molecule has 172 valence electrons. The zero-order valence-electron chi connectivity index (χ0n) is 18.9. The van der Waals surface area contributed by atoms with Crippen molar-refractivity contribution in [3.05, 3.63) is 107 Å². The Labute approximate surface area is 197 Å². The molecule has 7 heteroatoms. The van der Waals surface area contributed by atoms with Crippen LogP contribution in [0.1, 0.15) is 62.1 Å². The van der Waals surface area contributed by atoms with Gasteiger partial charge < -0.3 is 10.1 Å². The van der Waals surface area contributed by atoms with Crippen LogP contribution in [0.5, 0.6) is 0 Å². The Bertz CT molecular complexity index is 1220. The number of hydrogen-bond donors (Lipinski definition) is 1. The zero-order chi connectivity index (χ0) is 24.2. The summed E-state index contributed by atoms with van der Waals surface area (Å²) in [6.45, 7) is 3.39. The topological polar surface area (TPSA) is 92.8 Å². The third-order valence-corrected chi connectivity index (χ3v) is 5.69. The molecule has 2 unspecified atom stereocenters. The van der Waals surface area contributed by atoms with Crippen LogP contribution in [0.25, 0.3) is 0 Å². The van der Waals surface area contributed by atoms with E-state index in [1.165, 1.54) is 6.92 Å². The van der Waals surface area contributed by atoms with Crippen molar-refractivity contribution in [2.24, 2.45) is 0 Å². The zero-order valence-corrected chi connectivity index (χ0v) is 18.9. The standard InChI is InChI=1S/C27H24N2O5/c1-17(20-10-4-3-5-11-20)28-24(30)18(2)34-27(33)21-12-8-9-19(15-21)16-29-25(31)22-13-6-7-14-23(22)26(29)32/h3-15,17-18H,16H2,1-2H3,(H,28,30). The Morgan fingerprint density at radius 3 is 2.12 bits per heavy atom. The number of ether oxygens (including phenoxy) is 1. The maximum absolute atomic E-state index is 12.7. The molecule has 2 atom stereocenters. The van der Waals surface area contributed by atoms with Gasteiger partial charge in [-0.3, -0.25) is 19.3 Å². The van der Waals surface area contributed by atoms with E-state index in [4.69, 9.17) is 4.74 Å². The average Bonchev–Trinajstić information content (AvgIpc) is 3.09. The van der Waals surface area contributed by atoms with Crippen LogP contribution in [0, 0.1) is 0 Å². The second-order valence-electron chi connectivity index (χ2n) is 8.13. The normalized spacial score (nSPS) is 14.4. The van der Waals surface area contributed by atoms with Gasteiger partial charge in [0.1, 0.15) is 0 Å². The number of nitrogens with zero attached hydrogens (tertiary/aromatic N) is 1. The van der Waals surface area contributed by atoms with E-state index in [0.29, 0.717) is 16.7 Å². The second kappa shape index (κ2) is 9.70. The molecule has 0 aliphatic carbocycles. The van der Waals surface area contributed by atoms with Gasteiger partial charge in [-0.1, -0.05) is 54.6 Å². The number of rotatable bonds is 7. The van der Waals surface area contributed by atoms with Crippen molar-refractivity contribution in [1.29, 1.82) is 0 Å². The first-order valence-electron chi connectivity index (χ1n) is 11.0. The van der Waals surface area contributed by atoms with Gasteiger partial charge in [0.15, 0.2) is 6.10 Å². The minimum absolute atomic E-state index is 0.0259. The third kappa shape index (κ3) is 4.73. The van der Waals surface area contributed by atoms with E-state index >= 15 is 0 Å². The minimum atomic E-state index is -1.00. The number of hydrogen-bond acceptors (Lipinski definition) is 5. The molecule has 0 saturated carbocycles. The van der Waals surface area contributed by atoms with Crippen molar-refractivity contribution in [3.8, 4) is 0 Å². The highest BCUT2D eigenvalue weighted by molar-refractivity contribution is 6.21. The molecule has 3 aromatic rings. The molecule has 3 aromatic carbocycles. The lowest BCUT2D eigenvalue weighted by atomic mass is 10.1. The predicted octanol–water partition coefficient (Wildman–Crippen LogP) is 3.91. The first-order valence-corrected chi connectivity index (χ1v) is 11.0. The van der Waals surface area contributed by atoms with Crippen molar-refractivity contribution < 1.29 is 23.9 Å². The van der Waals surface area contributed by atoms with Crippen LogP contribution >= 0.6 is 0 Å². The van der Waals surface area contributed by atoms with Crippen molar-refractivity contribution in [2.45, 2.75) is 32.5 Å². The number of carbonyl (C=O) groups excluding carboxylic acids is 4. The SMILES string of the molecule is CC(OC(=O)c1cccc(CN2C(=O)c3ccccc3C2=O)c1)C(=O)NC(C)c1ccccc1. The van der Waals surface area contributed by atoms with Gasteiger partial charge in [-0.25, -0.2) is 4.79 Å². The van der Waals surface area contributed by atoms with Gasteiger partial charge in [-0.15, -0.1) is 0 Å². The molecule has 4 rings (SSSR count). The molecule has 1 N–H and O–H groups in total. The molecule has 7 nitrogen and oxygen atoms in total. The predicted molar refractivity (Wildman–Crippen MR) is 125 cm³/mol. The number of fused-ring (bicyclic) bond motifs is 1. The van der Waals surface area contributed by atoms with Crippen LogP contribution in [-0.2, 0) is 16.1 Å². The monoisotopic (exact) mass is 456 g/mol. The highest BCUT2D eigenvalue weighted by Crippen LogP contribution is 2.24. The van der Waals surface area contributed by atoms with E-state index in [2.05, 4.69) is 5.32 Å². The third-order valence-electron chi connectivity index (χ3n) is 5.69. The smallest absolute Gasteiger partial charge is 0.338 e. The summed E-state index contributed by atoms with van der Waals surface area (Å²) in [5, 5.41) is 2.83. The number of benzene rings is 3. The molecule has 0 radical (unpaired) electrons. The first kappa shape index (κ1) is 22.9. The van der Waals surface area contributed by atoms with E-state index < -0.39 is 18.0 Å². The van der Waals surface area contributed by atoms with E-state index in [1.54, 1.807) is 48.5 Å². The van der Waals surface area contributed by atoms with E-state index in [0.717, 1.165) is 10.5 Å². The molecule has 0 fully saturated rings. The van der Waals surface area contributed by atoms with Crippen LogP contribution in [0.15, 0.2) is 78.9 Å². The van der Waals surface area contributed by atoms with Gasteiger partial charge in [-0.2, -0.15) is 0 Å². The molecule has 0 aromatic heterocycles. The lowest BCUT2D eigenvalue weighted by Crippen LogP contribution is -2.37. The molecule has 1 aliphatic rings. The second-order valence-corrected chi connectivity index (χ2v) is 8.13. The van der Waals surface area contributed by atoms with Gasteiger partial charge in [0.05, 0.1) is 29.3 Å². The van der Waals surface area contributed by atoms with Gasteiger partial charge in [-0.05, 0) is 49.2 Å². The highest BCUT2D eigenvalue weighted by Gasteiger charge is 2.35. The molecule has 0 saturated heterocycles. The average molecular weight is 456 g/mol. The summed E-state index contributed by atoms with van der Waals surface area (Å²) in [5.74, 6) is -1.82.